The van der Waals surface area contributed by atoms with Crippen molar-refractivity contribution in [2.24, 2.45) is 0 Å². The van der Waals surface area contributed by atoms with Gasteiger partial charge in [0.05, 0.1) is 0 Å². The second-order valence-electron chi connectivity index (χ2n) is 7.50. The first-order valence-corrected chi connectivity index (χ1v) is 7.10. The average Bonchev–Trinajstić information content (AvgIpc) is 2.27. The Labute approximate surface area is 127 Å². The van der Waals surface area contributed by atoms with Crippen LogP contribution in [0.25, 0.3) is 0 Å². The van der Waals surface area contributed by atoms with Crippen LogP contribution in [0.5, 0.6) is 11.5 Å². The van der Waals surface area contributed by atoms with Crippen LogP contribution in [0.4, 0.5) is 0 Å². The lowest BCUT2D eigenvalue weighted by molar-refractivity contribution is -0.130. The van der Waals surface area contributed by atoms with E-state index in [1.54, 1.807) is 19.1 Å². The zero-order valence-electron chi connectivity index (χ0n) is 14.1. The van der Waals surface area contributed by atoms with E-state index in [1.165, 1.54) is 0 Å². The SMILES string of the molecule is C=C(C)C(=O)Oc1ccc(O)c(C(C)(C)C)c1C(C)(C)C. The molecule has 0 saturated carbocycles. The molecule has 0 heterocycles. The van der Waals surface area contributed by atoms with Crippen molar-refractivity contribution >= 4 is 5.97 Å². The highest BCUT2D eigenvalue weighted by molar-refractivity contribution is 5.89. The molecule has 116 valence electrons. The Kier molecular flexibility index (Phi) is 4.57. The Bertz CT molecular complexity index is 569. The lowest BCUT2D eigenvalue weighted by Crippen LogP contribution is -2.24. The molecule has 3 nitrogen and oxygen atoms in total. The first-order chi connectivity index (χ1) is 9.35. The molecule has 1 aromatic carbocycles. The summed E-state index contributed by atoms with van der Waals surface area (Å²) in [4.78, 5) is 11.9. The molecule has 0 aliphatic heterocycles. The van der Waals surface area contributed by atoms with Crippen molar-refractivity contribution in [3.63, 3.8) is 0 Å². The van der Waals surface area contributed by atoms with Gasteiger partial charge in [-0.25, -0.2) is 4.79 Å². The molecule has 21 heavy (non-hydrogen) atoms. The summed E-state index contributed by atoms with van der Waals surface area (Å²) in [6, 6.07) is 3.23. The summed E-state index contributed by atoms with van der Waals surface area (Å²) in [5.41, 5.74) is 1.47. The van der Waals surface area contributed by atoms with Gasteiger partial charge < -0.3 is 9.84 Å². The van der Waals surface area contributed by atoms with Gasteiger partial charge in [-0.3, -0.25) is 0 Å². The third kappa shape index (κ3) is 3.87. The molecule has 0 amide bonds. The summed E-state index contributed by atoms with van der Waals surface area (Å²) >= 11 is 0. The van der Waals surface area contributed by atoms with Crippen molar-refractivity contribution in [3.8, 4) is 11.5 Å². The van der Waals surface area contributed by atoms with Crippen LogP contribution in [0.15, 0.2) is 24.3 Å². The van der Waals surface area contributed by atoms with Crippen LogP contribution < -0.4 is 4.74 Å². The third-order valence-corrected chi connectivity index (χ3v) is 3.20. The average molecular weight is 290 g/mol. The maximum Gasteiger partial charge on any atom is 0.338 e. The lowest BCUT2D eigenvalue weighted by Gasteiger charge is -2.32. The van der Waals surface area contributed by atoms with Gasteiger partial charge in [-0.15, -0.1) is 0 Å². The largest absolute Gasteiger partial charge is 0.508 e. The predicted molar refractivity (Wildman–Crippen MR) is 86.0 cm³/mol. The summed E-state index contributed by atoms with van der Waals surface area (Å²) in [6.45, 7) is 17.4. The number of hydrogen-bond donors (Lipinski definition) is 1. The highest BCUT2D eigenvalue weighted by Gasteiger charge is 2.32. The van der Waals surface area contributed by atoms with Crippen molar-refractivity contribution in [1.82, 2.24) is 0 Å². The standard InChI is InChI=1S/C18H26O3/c1-11(2)16(20)21-13-10-9-12(19)14(17(3,4)5)15(13)18(6,7)8/h9-10,19H,1H2,2-8H3. The van der Waals surface area contributed by atoms with E-state index < -0.39 is 5.97 Å². The fraction of sp³-hybridized carbons (Fsp3) is 0.500. The quantitative estimate of drug-likeness (QED) is 0.496. The van der Waals surface area contributed by atoms with Gasteiger partial charge in [0.15, 0.2) is 0 Å². The molecule has 0 unspecified atom stereocenters. The van der Waals surface area contributed by atoms with Crippen molar-refractivity contribution in [1.29, 1.82) is 0 Å². The van der Waals surface area contributed by atoms with Crippen molar-refractivity contribution < 1.29 is 14.6 Å². The molecular formula is C18H26O3. The zero-order chi connectivity index (χ0) is 16.6. The van der Waals surface area contributed by atoms with Gasteiger partial charge in [-0.1, -0.05) is 48.1 Å². The van der Waals surface area contributed by atoms with E-state index in [0.717, 1.165) is 11.1 Å². The van der Waals surface area contributed by atoms with Crippen LogP contribution in [0.2, 0.25) is 0 Å². The second kappa shape index (κ2) is 5.55. The summed E-state index contributed by atoms with van der Waals surface area (Å²) in [5.74, 6) is 0.256. The summed E-state index contributed by atoms with van der Waals surface area (Å²) in [5, 5.41) is 10.3. The number of phenols is 1. The van der Waals surface area contributed by atoms with E-state index in [2.05, 4.69) is 6.58 Å². The number of carbonyl (C=O) groups is 1. The van der Waals surface area contributed by atoms with Crippen LogP contribution in [-0.4, -0.2) is 11.1 Å². The molecule has 0 spiro atoms. The smallest absolute Gasteiger partial charge is 0.338 e. The second-order valence-corrected chi connectivity index (χ2v) is 7.50. The summed E-state index contributed by atoms with van der Waals surface area (Å²) in [6.07, 6.45) is 0. The number of ether oxygens (including phenoxy) is 1. The van der Waals surface area contributed by atoms with Gasteiger partial charge in [0.1, 0.15) is 11.5 Å². The monoisotopic (exact) mass is 290 g/mol. The van der Waals surface area contributed by atoms with Gasteiger partial charge >= 0.3 is 5.97 Å². The molecule has 0 aliphatic carbocycles. The third-order valence-electron chi connectivity index (χ3n) is 3.20. The normalized spacial score (nSPS) is 12.1. The maximum absolute atomic E-state index is 11.9. The number of rotatable bonds is 2. The lowest BCUT2D eigenvalue weighted by atomic mass is 9.74. The first-order valence-electron chi connectivity index (χ1n) is 7.10. The highest BCUT2D eigenvalue weighted by Crippen LogP contribution is 2.44. The van der Waals surface area contributed by atoms with Crippen LogP contribution in [0.1, 0.15) is 59.6 Å². The molecule has 1 aromatic rings. The number of carbonyl (C=O) groups excluding carboxylic acids is 1. The van der Waals surface area contributed by atoms with Crippen molar-refractivity contribution in [2.45, 2.75) is 59.3 Å². The molecule has 0 atom stereocenters. The van der Waals surface area contributed by atoms with Gasteiger partial charge in [-0.05, 0) is 29.9 Å². The Hall–Kier alpha value is -1.77. The van der Waals surface area contributed by atoms with E-state index in [9.17, 15) is 9.90 Å². The van der Waals surface area contributed by atoms with Crippen molar-refractivity contribution in [2.75, 3.05) is 0 Å². The summed E-state index contributed by atoms with van der Waals surface area (Å²) < 4.78 is 5.47. The number of aromatic hydroxyl groups is 1. The summed E-state index contributed by atoms with van der Waals surface area (Å²) in [7, 11) is 0. The fourth-order valence-electron chi connectivity index (χ4n) is 2.35. The van der Waals surface area contributed by atoms with Gasteiger partial charge in [-0.2, -0.15) is 0 Å². The molecule has 3 heteroatoms. The minimum absolute atomic E-state index is 0.225. The van der Waals surface area contributed by atoms with E-state index in [4.69, 9.17) is 4.74 Å². The minimum atomic E-state index is -0.453. The molecule has 0 fully saturated rings. The van der Waals surface area contributed by atoms with Gasteiger partial charge in [0, 0.05) is 16.7 Å². The number of hydrogen-bond acceptors (Lipinski definition) is 3. The van der Waals surface area contributed by atoms with E-state index in [1.807, 2.05) is 41.5 Å². The van der Waals surface area contributed by atoms with Gasteiger partial charge in [0.25, 0.3) is 0 Å². The predicted octanol–water partition coefficient (Wildman–Crippen LogP) is 4.47. The molecule has 0 saturated heterocycles. The number of phenolic OH excluding ortho intramolecular Hbond substituents is 1. The zero-order valence-corrected chi connectivity index (χ0v) is 14.1. The number of esters is 1. The van der Waals surface area contributed by atoms with Crippen LogP contribution in [0, 0.1) is 0 Å². The Morgan fingerprint density at radius 2 is 1.52 bits per heavy atom. The Morgan fingerprint density at radius 3 is 1.90 bits per heavy atom. The molecule has 0 aromatic heterocycles. The fourth-order valence-corrected chi connectivity index (χ4v) is 2.35. The molecule has 1 N–H and O–H groups in total. The molecule has 1 rings (SSSR count). The van der Waals surface area contributed by atoms with Crippen LogP contribution in [-0.2, 0) is 15.6 Å². The maximum atomic E-state index is 11.9. The van der Waals surface area contributed by atoms with E-state index in [0.29, 0.717) is 11.3 Å². The minimum Gasteiger partial charge on any atom is -0.508 e. The van der Waals surface area contributed by atoms with Gasteiger partial charge in [0.2, 0.25) is 0 Å². The highest BCUT2D eigenvalue weighted by atomic mass is 16.5. The molecule has 0 bridgehead atoms. The first kappa shape index (κ1) is 17.3. The molecular weight excluding hydrogens is 264 g/mol. The topological polar surface area (TPSA) is 46.5 Å². The van der Waals surface area contributed by atoms with E-state index in [-0.39, 0.29) is 16.6 Å². The van der Waals surface area contributed by atoms with Crippen molar-refractivity contribution in [3.05, 3.63) is 35.4 Å². The van der Waals surface area contributed by atoms with Crippen LogP contribution >= 0.6 is 0 Å². The molecule has 0 radical (unpaired) electrons. The van der Waals surface area contributed by atoms with E-state index >= 15 is 0 Å². The Morgan fingerprint density at radius 1 is 1.05 bits per heavy atom. The number of benzene rings is 1. The van der Waals surface area contributed by atoms with Crippen LogP contribution in [0.3, 0.4) is 0 Å². The molecule has 0 aliphatic rings. The Balaban J connectivity index is 3.60.